The maximum Gasteiger partial charge on any atom is 0.219 e. The van der Waals surface area contributed by atoms with Gasteiger partial charge >= 0.3 is 0 Å². The Morgan fingerprint density at radius 1 is 1.20 bits per heavy atom. The van der Waals surface area contributed by atoms with E-state index in [0.717, 1.165) is 16.8 Å². The summed E-state index contributed by atoms with van der Waals surface area (Å²) in [7, 11) is 1.58. The van der Waals surface area contributed by atoms with Gasteiger partial charge in [0, 0.05) is 23.3 Å². The minimum atomic E-state index is -0.537. The number of ketones is 2. The van der Waals surface area contributed by atoms with E-state index >= 15 is 0 Å². The average Bonchev–Trinajstić information content (AvgIpc) is 3.39. The van der Waals surface area contributed by atoms with Crippen LogP contribution in [0.1, 0.15) is 54.1 Å². The zero-order chi connectivity index (χ0) is 28.6. The number of ether oxygens (including phenoxy) is 1. The highest BCUT2D eigenvalue weighted by atomic mass is 32.2. The highest BCUT2D eigenvalue weighted by molar-refractivity contribution is 8.01. The predicted molar refractivity (Wildman–Crippen MR) is 156 cm³/mol. The van der Waals surface area contributed by atoms with Crippen molar-refractivity contribution in [1.29, 1.82) is 5.26 Å². The van der Waals surface area contributed by atoms with Crippen molar-refractivity contribution in [3.8, 4) is 11.8 Å². The number of hydrogen-bond donors (Lipinski definition) is 1. The van der Waals surface area contributed by atoms with E-state index in [1.165, 1.54) is 23.1 Å². The van der Waals surface area contributed by atoms with E-state index in [4.69, 9.17) is 10.5 Å². The Bertz CT molecular complexity index is 1600. The number of aromatic nitrogens is 2. The Hall–Kier alpha value is -3.94. The third-order valence-corrected chi connectivity index (χ3v) is 9.25. The van der Waals surface area contributed by atoms with Crippen molar-refractivity contribution in [2.24, 2.45) is 11.1 Å². The molecule has 10 heteroatoms. The minimum Gasteiger partial charge on any atom is -0.497 e. The Kier molecular flexibility index (Phi) is 7.53. The zero-order valence-corrected chi connectivity index (χ0v) is 24.4. The van der Waals surface area contributed by atoms with Gasteiger partial charge in [0.25, 0.3) is 0 Å². The second kappa shape index (κ2) is 10.9. The first-order chi connectivity index (χ1) is 19.1. The van der Waals surface area contributed by atoms with Crippen LogP contribution in [0.3, 0.4) is 0 Å². The van der Waals surface area contributed by atoms with Crippen LogP contribution in [-0.4, -0.2) is 34.6 Å². The summed E-state index contributed by atoms with van der Waals surface area (Å²) < 4.78 is 5.75. The lowest BCUT2D eigenvalue weighted by atomic mass is 9.68. The van der Waals surface area contributed by atoms with E-state index in [0.29, 0.717) is 44.8 Å². The largest absolute Gasteiger partial charge is 0.497 e. The summed E-state index contributed by atoms with van der Waals surface area (Å²) in [5, 5.41) is 19.4. The smallest absolute Gasteiger partial charge is 0.219 e. The summed E-state index contributed by atoms with van der Waals surface area (Å²) in [4.78, 5) is 28.2. The minimum absolute atomic E-state index is 0.00829. The van der Waals surface area contributed by atoms with Crippen LogP contribution in [0.15, 0.2) is 75.5 Å². The van der Waals surface area contributed by atoms with Gasteiger partial charge in [-0.3, -0.25) is 14.5 Å². The summed E-state index contributed by atoms with van der Waals surface area (Å²) in [5.74, 6) is 0.551. The van der Waals surface area contributed by atoms with Crippen LogP contribution < -0.4 is 15.4 Å². The number of hydrogen-bond acceptors (Lipinski definition) is 10. The average molecular weight is 572 g/mol. The topological polar surface area (TPSA) is 122 Å². The molecular formula is C30H29N5O3S2. The quantitative estimate of drug-likeness (QED) is 0.278. The molecule has 0 bridgehead atoms. The van der Waals surface area contributed by atoms with E-state index in [1.807, 2.05) is 31.2 Å². The monoisotopic (exact) mass is 571 g/mol. The number of carbonyl (C=O) groups is 2. The fraction of sp³-hybridized carbons (Fsp3) is 0.300. The molecule has 0 spiro atoms. The van der Waals surface area contributed by atoms with Gasteiger partial charge < -0.3 is 10.5 Å². The molecule has 2 aromatic carbocycles. The van der Waals surface area contributed by atoms with E-state index in [9.17, 15) is 14.9 Å². The van der Waals surface area contributed by atoms with E-state index < -0.39 is 5.92 Å². The van der Waals surface area contributed by atoms with Crippen LogP contribution in [0.2, 0.25) is 0 Å². The van der Waals surface area contributed by atoms with Crippen LogP contribution in [-0.2, 0) is 4.79 Å². The number of Topliss-reactive ketones (excluding diaryl/α,β-unsaturated/α-hetero) is 2. The molecule has 3 aromatic rings. The molecule has 0 radical (unpaired) electrons. The maximum atomic E-state index is 13.7. The molecular weight excluding hydrogens is 542 g/mol. The van der Waals surface area contributed by atoms with Crippen molar-refractivity contribution in [2.45, 2.75) is 43.9 Å². The molecule has 0 saturated heterocycles. The highest BCUT2D eigenvalue weighted by Gasteiger charge is 2.45. The number of nitrogens with zero attached hydrogens (tertiary/aromatic N) is 4. The third kappa shape index (κ3) is 5.15. The number of rotatable bonds is 7. The molecule has 5 rings (SSSR count). The molecule has 40 heavy (non-hydrogen) atoms. The van der Waals surface area contributed by atoms with Crippen molar-refractivity contribution < 1.29 is 14.3 Å². The molecule has 1 aliphatic carbocycles. The first-order valence-electron chi connectivity index (χ1n) is 12.8. The molecule has 0 saturated carbocycles. The van der Waals surface area contributed by atoms with Crippen molar-refractivity contribution in [3.63, 3.8) is 0 Å². The maximum absolute atomic E-state index is 13.7. The first kappa shape index (κ1) is 27.6. The molecule has 1 aromatic heterocycles. The van der Waals surface area contributed by atoms with Gasteiger partial charge in [-0.15, -0.1) is 10.2 Å². The number of carbonyl (C=O) groups excluding carboxylic acids is 2. The summed E-state index contributed by atoms with van der Waals surface area (Å²) in [6.07, 6.45) is 0.971. The van der Waals surface area contributed by atoms with E-state index in [-0.39, 0.29) is 28.6 Å². The number of benzene rings is 2. The van der Waals surface area contributed by atoms with Crippen LogP contribution in [0, 0.1) is 23.7 Å². The van der Waals surface area contributed by atoms with Crippen LogP contribution in [0.25, 0.3) is 0 Å². The van der Waals surface area contributed by atoms with E-state index in [2.05, 4.69) is 30.1 Å². The van der Waals surface area contributed by atoms with Crippen LogP contribution in [0.5, 0.6) is 5.75 Å². The lowest BCUT2D eigenvalue weighted by Gasteiger charge is -2.42. The normalized spacial score (nSPS) is 18.4. The lowest BCUT2D eigenvalue weighted by molar-refractivity contribution is -0.118. The van der Waals surface area contributed by atoms with Gasteiger partial charge in [0.15, 0.2) is 15.9 Å². The molecule has 2 heterocycles. The Labute approximate surface area is 241 Å². The number of allylic oxidation sites excluding steroid dienone is 3. The van der Waals surface area contributed by atoms with Crippen LogP contribution >= 0.6 is 23.1 Å². The lowest BCUT2D eigenvalue weighted by Crippen LogP contribution is -2.42. The second-order valence-corrected chi connectivity index (χ2v) is 12.8. The summed E-state index contributed by atoms with van der Waals surface area (Å²) >= 11 is 2.57. The highest BCUT2D eigenvalue weighted by Crippen LogP contribution is 2.51. The standard InChI is InChI=1S/C30H29N5O3S2/c1-17-7-5-6-8-20(17)25-21(15-31)27(32)35(22-13-30(2,3)14-23(36)26(22)25)28-33-34-29(40-28)39-16-24(37)18-9-11-19(38-4)12-10-18/h5-12,25H,13-14,16,32H2,1-4H3. The third-order valence-electron chi connectivity index (χ3n) is 7.21. The van der Waals surface area contributed by atoms with Gasteiger partial charge in [-0.1, -0.05) is 61.2 Å². The molecule has 1 aliphatic heterocycles. The molecule has 0 fully saturated rings. The molecule has 0 amide bonds. The van der Waals surface area contributed by atoms with Gasteiger partial charge in [0.05, 0.1) is 30.4 Å². The summed E-state index contributed by atoms with van der Waals surface area (Å²) in [6.45, 7) is 6.09. The number of methoxy groups -OCH3 is 1. The van der Waals surface area contributed by atoms with Gasteiger partial charge in [0.2, 0.25) is 5.13 Å². The van der Waals surface area contributed by atoms with E-state index in [1.54, 1.807) is 36.3 Å². The van der Waals surface area contributed by atoms with Crippen LogP contribution in [0.4, 0.5) is 5.13 Å². The molecule has 2 aliphatic rings. The molecule has 1 atom stereocenters. The first-order valence-corrected chi connectivity index (χ1v) is 14.6. The molecule has 8 nitrogen and oxygen atoms in total. The van der Waals surface area contributed by atoms with Crippen molar-refractivity contribution in [3.05, 3.63) is 87.9 Å². The molecule has 1 unspecified atom stereocenters. The number of thioether (sulfide) groups is 1. The summed E-state index contributed by atoms with van der Waals surface area (Å²) in [6, 6.07) is 17.1. The van der Waals surface area contributed by atoms with Gasteiger partial charge in [-0.25, -0.2) is 0 Å². The number of anilines is 1. The fourth-order valence-electron chi connectivity index (χ4n) is 5.29. The van der Waals surface area contributed by atoms with Crippen molar-refractivity contribution in [2.75, 3.05) is 17.8 Å². The molecule has 204 valence electrons. The fourth-order valence-corrected chi connectivity index (χ4v) is 7.06. The summed E-state index contributed by atoms with van der Waals surface area (Å²) in [5.41, 5.74) is 10.6. The second-order valence-electron chi connectivity index (χ2n) is 10.6. The zero-order valence-electron chi connectivity index (χ0n) is 22.7. The Morgan fingerprint density at radius 3 is 2.60 bits per heavy atom. The number of nitriles is 1. The number of aryl methyl sites for hydroxylation is 1. The Balaban J connectivity index is 1.50. The predicted octanol–water partition coefficient (Wildman–Crippen LogP) is 5.77. The molecule has 2 N–H and O–H groups in total. The van der Waals surface area contributed by atoms with Crippen molar-refractivity contribution >= 4 is 39.8 Å². The van der Waals surface area contributed by atoms with Gasteiger partial charge in [-0.2, -0.15) is 5.26 Å². The van der Waals surface area contributed by atoms with Crippen molar-refractivity contribution in [1.82, 2.24) is 10.2 Å². The SMILES string of the molecule is COc1ccc(C(=O)CSc2nnc(N3C(N)=C(C#N)C(c4ccccc4C)C4=C3CC(C)(C)CC4=O)s2)cc1. The van der Waals surface area contributed by atoms with Gasteiger partial charge in [-0.05, 0) is 54.2 Å². The van der Waals surface area contributed by atoms with Gasteiger partial charge in [0.1, 0.15) is 11.6 Å². The number of nitrogens with two attached hydrogens (primary N) is 1. The Morgan fingerprint density at radius 2 is 1.93 bits per heavy atom.